The van der Waals surface area contributed by atoms with Crippen LogP contribution in [-0.4, -0.2) is 29.0 Å². The Bertz CT molecular complexity index is 707. The molecule has 6 nitrogen and oxygen atoms in total. The van der Waals surface area contributed by atoms with Gasteiger partial charge in [0.2, 0.25) is 0 Å². The summed E-state index contributed by atoms with van der Waals surface area (Å²) < 4.78 is 7.55. The van der Waals surface area contributed by atoms with E-state index in [0.717, 1.165) is 48.8 Å². The van der Waals surface area contributed by atoms with Crippen LogP contribution in [-0.2, 0) is 6.42 Å². The molecule has 0 spiro atoms. The third-order valence-corrected chi connectivity index (χ3v) is 4.24. The fourth-order valence-electron chi connectivity index (χ4n) is 3.07. The van der Waals surface area contributed by atoms with E-state index >= 15 is 0 Å². The van der Waals surface area contributed by atoms with Crippen LogP contribution in [0.25, 0.3) is 5.69 Å². The molecule has 0 bridgehead atoms. The number of hydrazine groups is 1. The number of hydrogen-bond donors (Lipinski definition) is 2. The van der Waals surface area contributed by atoms with Crippen molar-refractivity contribution in [3.05, 3.63) is 42.0 Å². The van der Waals surface area contributed by atoms with E-state index in [2.05, 4.69) is 33.6 Å². The average molecular weight is 313 g/mol. The van der Waals surface area contributed by atoms with E-state index in [1.54, 1.807) is 13.4 Å². The van der Waals surface area contributed by atoms with Gasteiger partial charge in [-0.3, -0.25) is 4.99 Å². The van der Waals surface area contributed by atoms with Crippen LogP contribution in [0.3, 0.4) is 0 Å². The maximum absolute atomic E-state index is 5.59. The summed E-state index contributed by atoms with van der Waals surface area (Å²) in [4.78, 5) is 8.75. The molecule has 1 unspecified atom stereocenters. The number of aryl methyl sites for hydroxylation is 1. The predicted octanol–water partition coefficient (Wildman–Crippen LogP) is 2.00. The van der Waals surface area contributed by atoms with E-state index in [1.807, 2.05) is 17.7 Å². The minimum absolute atomic E-state index is 0.347. The molecule has 0 saturated heterocycles. The number of aromatic nitrogens is 2. The quantitative estimate of drug-likeness (QED) is 0.668. The van der Waals surface area contributed by atoms with Gasteiger partial charge in [-0.25, -0.2) is 10.8 Å². The normalized spacial score (nSPS) is 17.7. The van der Waals surface area contributed by atoms with Gasteiger partial charge in [-0.05, 0) is 43.9 Å². The van der Waals surface area contributed by atoms with E-state index < -0.39 is 0 Å². The molecule has 1 aromatic heterocycles. The topological polar surface area (TPSA) is 77.5 Å². The van der Waals surface area contributed by atoms with Crippen LogP contribution in [0, 0.1) is 12.8 Å². The van der Waals surface area contributed by atoms with Gasteiger partial charge in [0.05, 0.1) is 24.8 Å². The highest BCUT2D eigenvalue weighted by Gasteiger charge is 2.20. The molecule has 0 fully saturated rings. The second kappa shape index (κ2) is 6.83. The van der Waals surface area contributed by atoms with Crippen molar-refractivity contribution in [3.8, 4) is 11.4 Å². The van der Waals surface area contributed by atoms with Crippen molar-refractivity contribution < 1.29 is 4.74 Å². The Balaban J connectivity index is 1.84. The summed E-state index contributed by atoms with van der Waals surface area (Å²) in [5, 5.41) is 0. The molecular formula is C17H23N5O. The highest BCUT2D eigenvalue weighted by molar-refractivity contribution is 5.84. The second-order valence-corrected chi connectivity index (χ2v) is 5.88. The van der Waals surface area contributed by atoms with Crippen LogP contribution < -0.4 is 16.0 Å². The fraction of sp³-hybridized carbons (Fsp3) is 0.412. The zero-order valence-corrected chi connectivity index (χ0v) is 13.6. The number of nitrogens with zero attached hydrogens (tertiary/aromatic N) is 3. The maximum atomic E-state index is 5.59. The van der Waals surface area contributed by atoms with Gasteiger partial charge in [0.15, 0.2) is 0 Å². The average Bonchev–Trinajstić information content (AvgIpc) is 3.01. The highest BCUT2D eigenvalue weighted by Crippen LogP contribution is 2.27. The number of nitrogens with one attached hydrogen (secondary N) is 1. The van der Waals surface area contributed by atoms with Crippen molar-refractivity contribution >= 4 is 5.84 Å². The predicted molar refractivity (Wildman–Crippen MR) is 90.9 cm³/mol. The Morgan fingerprint density at radius 3 is 3.00 bits per heavy atom. The summed E-state index contributed by atoms with van der Waals surface area (Å²) in [6.45, 7) is 2.83. The van der Waals surface area contributed by atoms with Crippen molar-refractivity contribution in [2.45, 2.75) is 26.2 Å². The standard InChI is InChI=1S/C17H23N5O/c1-12-10-22(11-20-12)15-6-5-13(9-16(15)23-2)8-14-4-3-7-19-17(14)21-18/h5-6,9-11,14H,3-4,7-8,18H2,1-2H3,(H,19,21). The van der Waals surface area contributed by atoms with Gasteiger partial charge in [0.1, 0.15) is 11.6 Å². The molecule has 23 heavy (non-hydrogen) atoms. The Kier molecular flexibility index (Phi) is 4.62. The molecule has 0 aliphatic carbocycles. The van der Waals surface area contributed by atoms with Crippen molar-refractivity contribution in [2.75, 3.05) is 13.7 Å². The van der Waals surface area contributed by atoms with Gasteiger partial charge >= 0.3 is 0 Å². The molecule has 1 atom stereocenters. The number of benzene rings is 1. The number of hydrogen-bond acceptors (Lipinski definition) is 5. The Labute approximate surface area is 136 Å². The zero-order chi connectivity index (χ0) is 16.2. The van der Waals surface area contributed by atoms with Crippen LogP contribution in [0.2, 0.25) is 0 Å². The van der Waals surface area contributed by atoms with E-state index in [-0.39, 0.29) is 0 Å². The number of nitrogens with two attached hydrogens (primary N) is 1. The van der Waals surface area contributed by atoms with Crippen LogP contribution >= 0.6 is 0 Å². The van der Waals surface area contributed by atoms with Crippen molar-refractivity contribution in [1.82, 2.24) is 15.0 Å². The van der Waals surface area contributed by atoms with Gasteiger partial charge < -0.3 is 14.7 Å². The SMILES string of the molecule is COc1cc(CC2CCCN=C2NN)ccc1-n1cnc(C)c1. The van der Waals surface area contributed by atoms with Crippen LogP contribution in [0.15, 0.2) is 35.7 Å². The molecular weight excluding hydrogens is 290 g/mol. The maximum Gasteiger partial charge on any atom is 0.143 e. The van der Waals surface area contributed by atoms with Crippen LogP contribution in [0.5, 0.6) is 5.75 Å². The molecule has 1 aliphatic rings. The molecule has 122 valence electrons. The van der Waals surface area contributed by atoms with Crippen molar-refractivity contribution in [3.63, 3.8) is 0 Å². The van der Waals surface area contributed by atoms with Gasteiger partial charge in [-0.1, -0.05) is 6.07 Å². The molecule has 2 aromatic rings. The molecule has 0 radical (unpaired) electrons. The van der Waals surface area contributed by atoms with Crippen molar-refractivity contribution in [1.29, 1.82) is 0 Å². The van der Waals surface area contributed by atoms with Gasteiger partial charge in [-0.15, -0.1) is 0 Å². The lowest BCUT2D eigenvalue weighted by atomic mass is 9.91. The summed E-state index contributed by atoms with van der Waals surface area (Å²) in [5.74, 6) is 7.69. The molecule has 0 saturated carbocycles. The summed E-state index contributed by atoms with van der Waals surface area (Å²) in [7, 11) is 1.70. The molecule has 2 heterocycles. The second-order valence-electron chi connectivity index (χ2n) is 5.88. The first-order valence-electron chi connectivity index (χ1n) is 7.90. The molecule has 3 rings (SSSR count). The van der Waals surface area contributed by atoms with E-state index in [0.29, 0.717) is 5.92 Å². The number of aliphatic imine (C=N–C) groups is 1. The largest absolute Gasteiger partial charge is 0.495 e. The fourth-order valence-corrected chi connectivity index (χ4v) is 3.07. The number of ether oxygens (including phenoxy) is 1. The van der Waals surface area contributed by atoms with Gasteiger partial charge in [0, 0.05) is 18.7 Å². The van der Waals surface area contributed by atoms with Crippen LogP contribution in [0.1, 0.15) is 24.1 Å². The third kappa shape index (κ3) is 3.37. The van der Waals surface area contributed by atoms with Crippen LogP contribution in [0.4, 0.5) is 0 Å². The number of amidine groups is 1. The summed E-state index contributed by atoms with van der Waals surface area (Å²) in [6, 6.07) is 6.30. The van der Waals surface area contributed by atoms with E-state index in [9.17, 15) is 0 Å². The smallest absolute Gasteiger partial charge is 0.143 e. The molecule has 3 N–H and O–H groups in total. The number of methoxy groups -OCH3 is 1. The van der Waals surface area contributed by atoms with Crippen molar-refractivity contribution in [2.24, 2.45) is 16.8 Å². The van der Waals surface area contributed by atoms with Gasteiger partial charge in [-0.2, -0.15) is 0 Å². The lowest BCUT2D eigenvalue weighted by molar-refractivity contribution is 0.412. The zero-order valence-electron chi connectivity index (χ0n) is 13.6. The highest BCUT2D eigenvalue weighted by atomic mass is 16.5. The number of rotatable bonds is 4. The van der Waals surface area contributed by atoms with E-state index in [4.69, 9.17) is 10.6 Å². The molecule has 6 heteroatoms. The molecule has 1 aromatic carbocycles. The summed E-state index contributed by atoms with van der Waals surface area (Å²) in [6.07, 6.45) is 6.91. The summed E-state index contributed by atoms with van der Waals surface area (Å²) in [5.41, 5.74) is 5.94. The van der Waals surface area contributed by atoms with E-state index in [1.165, 1.54) is 5.56 Å². The first-order valence-corrected chi connectivity index (χ1v) is 7.90. The monoisotopic (exact) mass is 313 g/mol. The Hall–Kier alpha value is -2.34. The Morgan fingerprint density at radius 1 is 1.43 bits per heavy atom. The first-order chi connectivity index (χ1) is 11.2. The van der Waals surface area contributed by atoms with Gasteiger partial charge in [0.25, 0.3) is 0 Å². The third-order valence-electron chi connectivity index (χ3n) is 4.24. The lowest BCUT2D eigenvalue weighted by Gasteiger charge is -2.23. The number of imidazole rings is 1. The minimum Gasteiger partial charge on any atom is -0.495 e. The Morgan fingerprint density at radius 2 is 2.30 bits per heavy atom. The summed E-state index contributed by atoms with van der Waals surface area (Å²) >= 11 is 0. The molecule has 1 aliphatic heterocycles. The molecule has 0 amide bonds. The minimum atomic E-state index is 0.347. The lowest BCUT2D eigenvalue weighted by Crippen LogP contribution is -2.39. The first kappa shape index (κ1) is 15.6.